The molecule has 41 heavy (non-hydrogen) atoms. The third-order valence-corrected chi connectivity index (χ3v) is 10.9. The van der Waals surface area contributed by atoms with Gasteiger partial charge in [0, 0.05) is 50.0 Å². The van der Waals surface area contributed by atoms with Gasteiger partial charge in [-0.05, 0) is 76.3 Å². The van der Waals surface area contributed by atoms with Crippen molar-refractivity contribution in [1.82, 2.24) is 20.0 Å². The van der Waals surface area contributed by atoms with Crippen molar-refractivity contribution in [1.29, 1.82) is 0 Å². The average Bonchev–Trinajstić information content (AvgIpc) is 3.34. The van der Waals surface area contributed by atoms with E-state index in [1.54, 1.807) is 0 Å². The summed E-state index contributed by atoms with van der Waals surface area (Å²) < 4.78 is 13.5. The van der Waals surface area contributed by atoms with Gasteiger partial charge in [0.2, 0.25) is 11.8 Å². The average molecular weight is 575 g/mol. The van der Waals surface area contributed by atoms with Crippen molar-refractivity contribution in [2.24, 2.45) is 23.2 Å². The molecule has 4 atom stereocenters. The Morgan fingerprint density at radius 1 is 0.976 bits per heavy atom. The minimum absolute atomic E-state index is 0.00685. The van der Waals surface area contributed by atoms with Gasteiger partial charge in [-0.3, -0.25) is 14.5 Å². The van der Waals surface area contributed by atoms with Crippen LogP contribution >= 0.6 is 0 Å². The lowest BCUT2D eigenvalue weighted by Crippen LogP contribution is -2.65. The summed E-state index contributed by atoms with van der Waals surface area (Å²) in [5.41, 5.74) is 0.111. The van der Waals surface area contributed by atoms with Gasteiger partial charge in [-0.15, -0.1) is 0 Å². The van der Waals surface area contributed by atoms with E-state index in [0.29, 0.717) is 50.2 Å². The fourth-order valence-corrected chi connectivity index (χ4v) is 8.49. The quantitative estimate of drug-likeness (QED) is 0.490. The maximum absolute atomic E-state index is 14.2. The molecule has 1 N–H and O–H groups in total. The molecule has 4 aliphatic heterocycles. The molecular formula is C33H58N4O4. The second-order valence-corrected chi connectivity index (χ2v) is 15.1. The van der Waals surface area contributed by atoms with Gasteiger partial charge in [0.1, 0.15) is 6.04 Å². The molecule has 234 valence electrons. The highest BCUT2D eigenvalue weighted by atomic mass is 16.7. The van der Waals surface area contributed by atoms with Gasteiger partial charge in [-0.1, -0.05) is 41.0 Å². The number of hydrogen-bond acceptors (Lipinski definition) is 6. The molecule has 1 unspecified atom stereocenters. The summed E-state index contributed by atoms with van der Waals surface area (Å²) in [7, 11) is 0. The maximum atomic E-state index is 14.2. The van der Waals surface area contributed by atoms with Crippen LogP contribution in [0.4, 0.5) is 0 Å². The van der Waals surface area contributed by atoms with E-state index in [0.717, 1.165) is 32.1 Å². The van der Waals surface area contributed by atoms with Crippen LogP contribution in [0.15, 0.2) is 0 Å². The number of piperidine rings is 2. The van der Waals surface area contributed by atoms with E-state index in [1.807, 2.05) is 9.80 Å². The lowest BCUT2D eigenvalue weighted by Gasteiger charge is -2.53. The molecule has 0 aromatic rings. The van der Waals surface area contributed by atoms with Crippen molar-refractivity contribution in [3.8, 4) is 0 Å². The first kappa shape index (κ1) is 31.2. The number of amides is 2. The first-order chi connectivity index (χ1) is 19.5. The summed E-state index contributed by atoms with van der Waals surface area (Å²) in [5, 5.41) is 3.40. The fourth-order valence-electron chi connectivity index (χ4n) is 8.49. The molecule has 2 spiro atoms. The zero-order valence-corrected chi connectivity index (χ0v) is 26.8. The van der Waals surface area contributed by atoms with Gasteiger partial charge in [0.25, 0.3) is 0 Å². The Kier molecular flexibility index (Phi) is 9.74. The molecule has 0 bridgehead atoms. The SMILES string of the molecule is CC(C)C[C@@H]1NCCN([C@@H](CC(C)C)C(=O)N2CCC3(C[C@@H]2C)OCC2(CCCC2N2CCC(C)CC2)CO3)C1=O. The Morgan fingerprint density at radius 3 is 2.32 bits per heavy atom. The van der Waals surface area contributed by atoms with Crippen LogP contribution in [0.5, 0.6) is 0 Å². The van der Waals surface area contributed by atoms with Gasteiger partial charge >= 0.3 is 0 Å². The van der Waals surface area contributed by atoms with E-state index in [4.69, 9.17) is 9.47 Å². The lowest BCUT2D eigenvalue weighted by molar-refractivity contribution is -0.326. The van der Waals surface area contributed by atoms with E-state index in [2.05, 4.69) is 51.8 Å². The van der Waals surface area contributed by atoms with Crippen LogP contribution in [0.25, 0.3) is 0 Å². The molecule has 0 aromatic carbocycles. The summed E-state index contributed by atoms with van der Waals surface area (Å²) in [5.74, 6) is 1.18. The lowest BCUT2D eigenvalue weighted by atomic mass is 9.80. The Bertz CT molecular complexity index is 909. The minimum Gasteiger partial charge on any atom is -0.349 e. The highest BCUT2D eigenvalue weighted by molar-refractivity contribution is 5.90. The summed E-state index contributed by atoms with van der Waals surface area (Å²) in [6.07, 6.45) is 9.19. The Labute approximate surface area is 249 Å². The molecule has 1 saturated carbocycles. The maximum Gasteiger partial charge on any atom is 0.245 e. The van der Waals surface area contributed by atoms with Crippen LogP contribution < -0.4 is 5.32 Å². The highest BCUT2D eigenvalue weighted by Crippen LogP contribution is 2.49. The first-order valence-corrected chi connectivity index (χ1v) is 16.9. The molecule has 2 amide bonds. The summed E-state index contributed by atoms with van der Waals surface area (Å²) in [4.78, 5) is 34.3. The summed E-state index contributed by atoms with van der Waals surface area (Å²) in [6.45, 7) is 19.0. The molecule has 8 heteroatoms. The van der Waals surface area contributed by atoms with Gasteiger partial charge in [-0.2, -0.15) is 0 Å². The topological polar surface area (TPSA) is 74.3 Å². The molecule has 8 nitrogen and oxygen atoms in total. The number of nitrogens with zero attached hydrogens (tertiary/aromatic N) is 3. The normalized spacial score (nSPS) is 36.7. The highest BCUT2D eigenvalue weighted by Gasteiger charge is 2.54. The van der Waals surface area contributed by atoms with Crippen molar-refractivity contribution in [3.63, 3.8) is 0 Å². The number of piperazine rings is 1. The largest absolute Gasteiger partial charge is 0.349 e. The number of ether oxygens (including phenoxy) is 2. The second kappa shape index (κ2) is 12.8. The molecular weight excluding hydrogens is 516 g/mol. The van der Waals surface area contributed by atoms with E-state index < -0.39 is 11.8 Å². The van der Waals surface area contributed by atoms with Crippen LogP contribution in [0, 0.1) is 23.2 Å². The Morgan fingerprint density at radius 2 is 1.68 bits per heavy atom. The molecule has 5 fully saturated rings. The van der Waals surface area contributed by atoms with Crippen LogP contribution in [-0.2, 0) is 19.1 Å². The number of likely N-dealkylation sites (tertiary alicyclic amines) is 2. The number of carbonyl (C=O) groups excluding carboxylic acids is 2. The second-order valence-electron chi connectivity index (χ2n) is 15.1. The van der Waals surface area contributed by atoms with E-state index >= 15 is 0 Å². The van der Waals surface area contributed by atoms with E-state index in [-0.39, 0.29) is 29.3 Å². The molecule has 1 aliphatic carbocycles. The number of nitrogens with one attached hydrogen (secondary N) is 1. The van der Waals surface area contributed by atoms with Crippen LogP contribution in [0.1, 0.15) is 99.3 Å². The fraction of sp³-hybridized carbons (Fsp3) is 0.939. The third-order valence-electron chi connectivity index (χ3n) is 10.9. The Hall–Kier alpha value is -1.22. The predicted octanol–water partition coefficient (Wildman–Crippen LogP) is 4.27. The van der Waals surface area contributed by atoms with Gasteiger partial charge in [0.05, 0.1) is 19.3 Å². The minimum atomic E-state index is -0.592. The molecule has 5 aliphatic rings. The number of carbonyl (C=O) groups is 2. The number of rotatable bonds is 7. The van der Waals surface area contributed by atoms with Gasteiger partial charge in [-0.25, -0.2) is 0 Å². The molecule has 4 saturated heterocycles. The molecule has 0 radical (unpaired) electrons. The van der Waals surface area contributed by atoms with E-state index in [1.165, 1.54) is 45.2 Å². The van der Waals surface area contributed by atoms with Gasteiger partial charge in [0.15, 0.2) is 5.79 Å². The zero-order chi connectivity index (χ0) is 29.4. The van der Waals surface area contributed by atoms with Crippen molar-refractivity contribution in [2.45, 2.75) is 129 Å². The van der Waals surface area contributed by atoms with Crippen molar-refractivity contribution in [2.75, 3.05) is 45.9 Å². The van der Waals surface area contributed by atoms with Crippen molar-refractivity contribution in [3.05, 3.63) is 0 Å². The van der Waals surface area contributed by atoms with Crippen molar-refractivity contribution >= 4 is 11.8 Å². The van der Waals surface area contributed by atoms with Gasteiger partial charge < -0.3 is 24.6 Å². The van der Waals surface area contributed by atoms with E-state index in [9.17, 15) is 9.59 Å². The Balaban J connectivity index is 1.22. The third kappa shape index (κ3) is 6.66. The smallest absolute Gasteiger partial charge is 0.245 e. The summed E-state index contributed by atoms with van der Waals surface area (Å²) in [6, 6.07) is -0.0252. The van der Waals surface area contributed by atoms with Crippen LogP contribution in [0.2, 0.25) is 0 Å². The zero-order valence-electron chi connectivity index (χ0n) is 26.8. The van der Waals surface area contributed by atoms with Crippen molar-refractivity contribution < 1.29 is 19.1 Å². The number of hydrogen-bond donors (Lipinski definition) is 1. The van der Waals surface area contributed by atoms with Crippen LogP contribution in [-0.4, -0.2) is 102 Å². The monoisotopic (exact) mass is 574 g/mol. The molecule has 5 rings (SSSR count). The first-order valence-electron chi connectivity index (χ1n) is 16.9. The molecule has 0 aromatic heterocycles. The van der Waals surface area contributed by atoms with Crippen LogP contribution in [0.3, 0.4) is 0 Å². The molecule has 4 heterocycles. The predicted molar refractivity (Wildman–Crippen MR) is 161 cm³/mol. The summed E-state index contributed by atoms with van der Waals surface area (Å²) >= 11 is 0. The standard InChI is InChI=1S/C33H58N4O4/c1-23(2)18-27-30(38)37(17-13-34-27)28(19-24(3)4)31(39)36-16-12-33(20-26(36)6)40-21-32(22-41-33)11-7-8-29(32)35-14-9-25(5)10-15-35/h23-29,34H,7-22H2,1-6H3/t26-,27-,28-,29?,32?,33?/m0/s1.